The number of amides is 1. The number of nitrogens with two attached hydrogens (primary N) is 1. The van der Waals surface area contributed by atoms with Crippen molar-refractivity contribution in [1.82, 2.24) is 5.32 Å². The van der Waals surface area contributed by atoms with Gasteiger partial charge in [0.2, 0.25) is 5.91 Å². The van der Waals surface area contributed by atoms with Crippen LogP contribution in [0.4, 0.5) is 5.69 Å². The van der Waals surface area contributed by atoms with Crippen LogP contribution >= 0.6 is 0 Å². The standard InChI is InChI=1S/C14H18N4O/c15-14(17-11-4-5-11)16-9-10-2-1-3-12(8-10)18-7-6-13(18)19/h1-3,8,11H,4-7,9H2,(H3,15,16,17). The molecule has 0 unspecified atom stereocenters. The molecule has 2 fully saturated rings. The van der Waals surface area contributed by atoms with Crippen molar-refractivity contribution in [2.24, 2.45) is 10.7 Å². The fourth-order valence-corrected chi connectivity index (χ4v) is 2.07. The van der Waals surface area contributed by atoms with Crippen molar-refractivity contribution < 1.29 is 4.79 Å². The summed E-state index contributed by atoms with van der Waals surface area (Å²) in [5, 5.41) is 3.15. The first-order chi connectivity index (χ1) is 9.22. The van der Waals surface area contributed by atoms with E-state index in [-0.39, 0.29) is 5.91 Å². The van der Waals surface area contributed by atoms with E-state index in [1.807, 2.05) is 24.3 Å². The van der Waals surface area contributed by atoms with Gasteiger partial charge in [0.05, 0.1) is 6.54 Å². The van der Waals surface area contributed by atoms with Crippen molar-refractivity contribution in [2.75, 3.05) is 11.4 Å². The lowest BCUT2D eigenvalue weighted by atomic mass is 10.1. The molecule has 19 heavy (non-hydrogen) atoms. The number of rotatable bonds is 4. The molecule has 1 aliphatic heterocycles. The zero-order chi connectivity index (χ0) is 13.2. The van der Waals surface area contributed by atoms with Crippen LogP contribution < -0.4 is 16.0 Å². The highest BCUT2D eigenvalue weighted by atomic mass is 16.2. The second-order valence-corrected chi connectivity index (χ2v) is 5.09. The van der Waals surface area contributed by atoms with Gasteiger partial charge in [-0.05, 0) is 30.5 Å². The minimum Gasteiger partial charge on any atom is -0.370 e. The summed E-state index contributed by atoms with van der Waals surface area (Å²) in [6.45, 7) is 1.36. The van der Waals surface area contributed by atoms with E-state index in [1.165, 1.54) is 12.8 Å². The second kappa shape index (κ2) is 4.91. The molecule has 100 valence electrons. The highest BCUT2D eigenvalue weighted by Crippen LogP contribution is 2.23. The number of hydrogen-bond acceptors (Lipinski definition) is 2. The summed E-state index contributed by atoms with van der Waals surface area (Å²) >= 11 is 0. The van der Waals surface area contributed by atoms with Crippen molar-refractivity contribution >= 4 is 17.6 Å². The molecule has 5 heteroatoms. The van der Waals surface area contributed by atoms with E-state index in [9.17, 15) is 4.79 Å². The van der Waals surface area contributed by atoms with Gasteiger partial charge in [0.1, 0.15) is 0 Å². The zero-order valence-corrected chi connectivity index (χ0v) is 10.8. The normalized spacial score (nSPS) is 19.3. The van der Waals surface area contributed by atoms with Crippen LogP contribution in [0, 0.1) is 0 Å². The van der Waals surface area contributed by atoms with E-state index in [2.05, 4.69) is 10.3 Å². The van der Waals surface area contributed by atoms with Gasteiger partial charge in [0.25, 0.3) is 0 Å². The molecule has 1 aromatic carbocycles. The number of nitrogens with one attached hydrogen (secondary N) is 1. The number of anilines is 1. The SMILES string of the molecule is NC(=NCc1cccc(N2CCC2=O)c1)NC1CC1. The van der Waals surface area contributed by atoms with E-state index in [0.717, 1.165) is 17.8 Å². The van der Waals surface area contributed by atoms with Crippen molar-refractivity contribution in [3.63, 3.8) is 0 Å². The van der Waals surface area contributed by atoms with Crippen LogP contribution in [0.25, 0.3) is 0 Å². The third-order valence-electron chi connectivity index (χ3n) is 3.43. The van der Waals surface area contributed by atoms with Gasteiger partial charge in [-0.3, -0.25) is 4.79 Å². The van der Waals surface area contributed by atoms with Crippen LogP contribution in [0.2, 0.25) is 0 Å². The van der Waals surface area contributed by atoms with Gasteiger partial charge in [-0.1, -0.05) is 12.1 Å². The molecule has 1 saturated carbocycles. The Morgan fingerprint density at radius 1 is 1.47 bits per heavy atom. The highest BCUT2D eigenvalue weighted by molar-refractivity contribution is 5.99. The maximum absolute atomic E-state index is 11.4. The lowest BCUT2D eigenvalue weighted by molar-refractivity contribution is -0.122. The second-order valence-electron chi connectivity index (χ2n) is 5.09. The van der Waals surface area contributed by atoms with Gasteiger partial charge in [-0.15, -0.1) is 0 Å². The summed E-state index contributed by atoms with van der Waals surface area (Å²) in [5.41, 5.74) is 7.82. The number of carbonyl (C=O) groups excluding carboxylic acids is 1. The predicted molar refractivity (Wildman–Crippen MR) is 74.9 cm³/mol. The Bertz CT molecular complexity index is 522. The topological polar surface area (TPSA) is 70.7 Å². The Morgan fingerprint density at radius 3 is 2.95 bits per heavy atom. The summed E-state index contributed by atoms with van der Waals surface area (Å²) in [6, 6.07) is 8.44. The van der Waals surface area contributed by atoms with Gasteiger partial charge in [-0.25, -0.2) is 4.99 Å². The summed E-state index contributed by atoms with van der Waals surface area (Å²) in [6.07, 6.45) is 3.02. The van der Waals surface area contributed by atoms with Crippen molar-refractivity contribution in [1.29, 1.82) is 0 Å². The van der Waals surface area contributed by atoms with Crippen LogP contribution in [0.5, 0.6) is 0 Å². The average molecular weight is 258 g/mol. The van der Waals surface area contributed by atoms with E-state index < -0.39 is 0 Å². The van der Waals surface area contributed by atoms with E-state index >= 15 is 0 Å². The van der Waals surface area contributed by atoms with E-state index in [4.69, 9.17) is 5.73 Å². The lowest BCUT2D eigenvalue weighted by Gasteiger charge is -2.30. The Labute approximate surface area is 112 Å². The first kappa shape index (κ1) is 12.0. The molecule has 3 N–H and O–H groups in total. The predicted octanol–water partition coefficient (Wildman–Crippen LogP) is 0.990. The summed E-state index contributed by atoms with van der Waals surface area (Å²) < 4.78 is 0. The van der Waals surface area contributed by atoms with Crippen LogP contribution in [0.3, 0.4) is 0 Å². The van der Waals surface area contributed by atoms with Gasteiger partial charge >= 0.3 is 0 Å². The molecule has 1 heterocycles. The fraction of sp³-hybridized carbons (Fsp3) is 0.429. The summed E-state index contributed by atoms with van der Waals surface area (Å²) in [4.78, 5) is 17.5. The Balaban J connectivity index is 1.63. The molecule has 2 aliphatic rings. The molecule has 1 aliphatic carbocycles. The third kappa shape index (κ3) is 2.86. The molecule has 0 radical (unpaired) electrons. The molecular weight excluding hydrogens is 240 g/mol. The van der Waals surface area contributed by atoms with Gasteiger partial charge in [0.15, 0.2) is 5.96 Å². The molecule has 0 bridgehead atoms. The maximum atomic E-state index is 11.4. The molecule has 5 nitrogen and oxygen atoms in total. The van der Waals surface area contributed by atoms with Crippen molar-refractivity contribution in [3.8, 4) is 0 Å². The monoisotopic (exact) mass is 258 g/mol. The molecule has 1 saturated heterocycles. The Hall–Kier alpha value is -2.04. The van der Waals surface area contributed by atoms with E-state index in [1.54, 1.807) is 4.90 Å². The molecule has 3 rings (SSSR count). The highest BCUT2D eigenvalue weighted by Gasteiger charge is 2.25. The molecule has 0 atom stereocenters. The first-order valence-electron chi connectivity index (χ1n) is 6.68. The first-order valence-corrected chi connectivity index (χ1v) is 6.68. The summed E-state index contributed by atoms with van der Waals surface area (Å²) in [7, 11) is 0. The number of guanidine groups is 1. The van der Waals surface area contributed by atoms with E-state index in [0.29, 0.717) is 25.0 Å². The quantitative estimate of drug-likeness (QED) is 0.480. The molecular formula is C14H18N4O. The Morgan fingerprint density at radius 2 is 2.32 bits per heavy atom. The largest absolute Gasteiger partial charge is 0.370 e. The van der Waals surface area contributed by atoms with Crippen LogP contribution in [-0.2, 0) is 11.3 Å². The number of aliphatic imine (C=N–C) groups is 1. The molecule has 1 aromatic rings. The number of β-lactam (4-membered cyclic amide) rings is 1. The van der Waals surface area contributed by atoms with Crippen molar-refractivity contribution in [3.05, 3.63) is 29.8 Å². The smallest absolute Gasteiger partial charge is 0.228 e. The average Bonchev–Trinajstić information content (AvgIpc) is 3.19. The minimum atomic E-state index is 0.190. The van der Waals surface area contributed by atoms with Gasteiger partial charge < -0.3 is 16.0 Å². The molecule has 1 amide bonds. The lowest BCUT2D eigenvalue weighted by Crippen LogP contribution is -2.43. The van der Waals surface area contributed by atoms with Crippen LogP contribution in [0.1, 0.15) is 24.8 Å². The molecule has 0 aromatic heterocycles. The Kier molecular flexibility index (Phi) is 3.11. The number of benzene rings is 1. The van der Waals surface area contributed by atoms with Gasteiger partial charge in [0, 0.05) is 24.7 Å². The van der Waals surface area contributed by atoms with Gasteiger partial charge in [-0.2, -0.15) is 0 Å². The number of nitrogens with zero attached hydrogens (tertiary/aromatic N) is 2. The van der Waals surface area contributed by atoms with Crippen LogP contribution in [0.15, 0.2) is 29.3 Å². The third-order valence-corrected chi connectivity index (χ3v) is 3.43. The summed E-state index contributed by atoms with van der Waals surface area (Å²) in [5.74, 6) is 0.698. The minimum absolute atomic E-state index is 0.190. The number of carbonyl (C=O) groups is 1. The maximum Gasteiger partial charge on any atom is 0.228 e. The fourth-order valence-electron chi connectivity index (χ4n) is 2.07. The molecule has 0 spiro atoms. The van der Waals surface area contributed by atoms with Crippen molar-refractivity contribution in [2.45, 2.75) is 31.8 Å². The zero-order valence-electron chi connectivity index (χ0n) is 10.8. The van der Waals surface area contributed by atoms with Crippen LogP contribution in [-0.4, -0.2) is 24.5 Å². The number of hydrogen-bond donors (Lipinski definition) is 2.